The molecule has 96 valence electrons. The Kier molecular flexibility index (Phi) is 6.35. The van der Waals surface area contributed by atoms with E-state index in [-0.39, 0.29) is 5.91 Å². The molecular formula is C12H21N3O2. The van der Waals surface area contributed by atoms with Crippen molar-refractivity contribution in [2.24, 2.45) is 0 Å². The second-order valence-electron chi connectivity index (χ2n) is 4.16. The fraction of sp³-hybridized carbons (Fsp3) is 0.583. The van der Waals surface area contributed by atoms with Gasteiger partial charge in [-0.1, -0.05) is 0 Å². The van der Waals surface area contributed by atoms with E-state index in [0.717, 1.165) is 18.8 Å². The molecule has 17 heavy (non-hydrogen) atoms. The number of hydrogen-bond acceptors (Lipinski definition) is 4. The molecular weight excluding hydrogens is 218 g/mol. The van der Waals surface area contributed by atoms with Gasteiger partial charge in [-0.25, -0.2) is 0 Å². The van der Waals surface area contributed by atoms with Crippen molar-refractivity contribution in [2.45, 2.75) is 13.0 Å². The maximum Gasteiger partial charge on any atom is 0.221 e. The van der Waals surface area contributed by atoms with Gasteiger partial charge in [0, 0.05) is 26.1 Å². The van der Waals surface area contributed by atoms with Crippen LogP contribution in [0.2, 0.25) is 0 Å². The lowest BCUT2D eigenvalue weighted by atomic mass is 10.3. The minimum atomic E-state index is 0.0405. The summed E-state index contributed by atoms with van der Waals surface area (Å²) in [6, 6.07) is 3.65. The first-order chi connectivity index (χ1) is 8.18. The Morgan fingerprint density at radius 2 is 2.24 bits per heavy atom. The molecule has 0 fully saturated rings. The molecule has 0 aromatic carbocycles. The maximum atomic E-state index is 11.4. The molecule has 0 aliphatic carbocycles. The quantitative estimate of drug-likeness (QED) is 0.646. The highest BCUT2D eigenvalue weighted by Gasteiger charge is 2.01. The zero-order valence-corrected chi connectivity index (χ0v) is 10.5. The van der Waals surface area contributed by atoms with E-state index in [4.69, 9.17) is 4.42 Å². The summed E-state index contributed by atoms with van der Waals surface area (Å²) in [6.07, 6.45) is 2.10. The minimum Gasteiger partial charge on any atom is -0.467 e. The molecule has 0 atom stereocenters. The van der Waals surface area contributed by atoms with Gasteiger partial charge in [0.2, 0.25) is 5.91 Å². The monoisotopic (exact) mass is 239 g/mol. The van der Waals surface area contributed by atoms with Gasteiger partial charge in [0.05, 0.1) is 12.8 Å². The topological polar surface area (TPSA) is 57.5 Å². The highest BCUT2D eigenvalue weighted by molar-refractivity contribution is 5.75. The molecule has 1 aromatic heterocycles. The van der Waals surface area contributed by atoms with Gasteiger partial charge in [0.25, 0.3) is 0 Å². The molecule has 0 saturated carbocycles. The van der Waals surface area contributed by atoms with Crippen molar-refractivity contribution in [3.63, 3.8) is 0 Å². The third kappa shape index (κ3) is 6.76. The molecule has 1 aromatic rings. The van der Waals surface area contributed by atoms with Gasteiger partial charge in [0.15, 0.2) is 0 Å². The Morgan fingerprint density at radius 3 is 2.88 bits per heavy atom. The second-order valence-corrected chi connectivity index (χ2v) is 4.16. The summed E-state index contributed by atoms with van der Waals surface area (Å²) in [7, 11) is 4.05. The Bertz CT molecular complexity index is 310. The lowest BCUT2D eigenvalue weighted by Crippen LogP contribution is -2.31. The van der Waals surface area contributed by atoms with E-state index in [2.05, 4.69) is 15.5 Å². The van der Waals surface area contributed by atoms with Gasteiger partial charge in [-0.2, -0.15) is 0 Å². The van der Waals surface area contributed by atoms with Gasteiger partial charge >= 0.3 is 0 Å². The molecule has 1 rings (SSSR count). The SMILES string of the molecule is CN(C)CCNCCC(=O)NCc1ccco1. The third-order valence-corrected chi connectivity index (χ3v) is 2.30. The zero-order chi connectivity index (χ0) is 12.5. The van der Waals surface area contributed by atoms with Crippen LogP contribution < -0.4 is 10.6 Å². The van der Waals surface area contributed by atoms with Gasteiger partial charge in [-0.3, -0.25) is 4.79 Å². The number of hydrogen-bond donors (Lipinski definition) is 2. The molecule has 0 spiro atoms. The molecule has 0 unspecified atom stereocenters. The van der Waals surface area contributed by atoms with Crippen LogP contribution in [-0.4, -0.2) is 44.5 Å². The summed E-state index contributed by atoms with van der Waals surface area (Å²) in [5, 5.41) is 6.02. The molecule has 0 saturated heterocycles. The summed E-state index contributed by atoms with van der Waals surface area (Å²) in [4.78, 5) is 13.5. The number of rotatable bonds is 8. The number of furan rings is 1. The number of carbonyl (C=O) groups is 1. The van der Waals surface area contributed by atoms with E-state index < -0.39 is 0 Å². The van der Waals surface area contributed by atoms with Crippen LogP contribution in [-0.2, 0) is 11.3 Å². The summed E-state index contributed by atoms with van der Waals surface area (Å²) in [5.74, 6) is 0.817. The van der Waals surface area contributed by atoms with Crippen molar-refractivity contribution in [3.05, 3.63) is 24.2 Å². The predicted molar refractivity (Wildman–Crippen MR) is 66.6 cm³/mol. The summed E-state index contributed by atoms with van der Waals surface area (Å²) in [5.41, 5.74) is 0. The van der Waals surface area contributed by atoms with E-state index in [1.165, 1.54) is 0 Å². The third-order valence-electron chi connectivity index (χ3n) is 2.30. The lowest BCUT2D eigenvalue weighted by molar-refractivity contribution is -0.121. The standard InChI is InChI=1S/C12H21N3O2/c1-15(2)8-7-13-6-5-12(16)14-10-11-4-3-9-17-11/h3-4,9,13H,5-8,10H2,1-2H3,(H,14,16). The van der Waals surface area contributed by atoms with Gasteiger partial charge in [0.1, 0.15) is 5.76 Å². The Hall–Kier alpha value is -1.33. The first-order valence-electron chi connectivity index (χ1n) is 5.83. The van der Waals surface area contributed by atoms with E-state index in [1.807, 2.05) is 26.2 Å². The molecule has 0 bridgehead atoms. The minimum absolute atomic E-state index is 0.0405. The normalized spacial score (nSPS) is 10.8. The fourth-order valence-electron chi connectivity index (χ4n) is 1.32. The van der Waals surface area contributed by atoms with Crippen LogP contribution in [0.5, 0.6) is 0 Å². The molecule has 0 radical (unpaired) electrons. The van der Waals surface area contributed by atoms with Crippen LogP contribution >= 0.6 is 0 Å². The van der Waals surface area contributed by atoms with E-state index in [9.17, 15) is 4.79 Å². The van der Waals surface area contributed by atoms with Crippen molar-refractivity contribution in [1.29, 1.82) is 0 Å². The van der Waals surface area contributed by atoms with Crippen LogP contribution in [0.1, 0.15) is 12.2 Å². The Labute approximate surface area is 102 Å². The smallest absolute Gasteiger partial charge is 0.221 e. The lowest BCUT2D eigenvalue weighted by Gasteiger charge is -2.10. The van der Waals surface area contributed by atoms with E-state index in [0.29, 0.717) is 19.5 Å². The molecule has 1 heterocycles. The van der Waals surface area contributed by atoms with Crippen molar-refractivity contribution >= 4 is 5.91 Å². The van der Waals surface area contributed by atoms with Crippen molar-refractivity contribution in [2.75, 3.05) is 33.7 Å². The maximum absolute atomic E-state index is 11.4. The van der Waals surface area contributed by atoms with Gasteiger partial charge in [-0.15, -0.1) is 0 Å². The molecule has 2 N–H and O–H groups in total. The average Bonchev–Trinajstić information content (AvgIpc) is 2.78. The van der Waals surface area contributed by atoms with Gasteiger partial charge in [-0.05, 0) is 26.2 Å². The first-order valence-corrected chi connectivity index (χ1v) is 5.83. The molecule has 5 heteroatoms. The average molecular weight is 239 g/mol. The second kappa shape index (κ2) is 7.86. The molecule has 0 aliphatic heterocycles. The number of likely N-dealkylation sites (N-methyl/N-ethyl adjacent to an activating group) is 1. The van der Waals surface area contributed by atoms with E-state index in [1.54, 1.807) is 6.26 Å². The first kappa shape index (κ1) is 13.7. The summed E-state index contributed by atoms with van der Waals surface area (Å²) >= 11 is 0. The van der Waals surface area contributed by atoms with Gasteiger partial charge < -0.3 is 20.0 Å². The Balaban J connectivity index is 1.98. The van der Waals surface area contributed by atoms with Crippen molar-refractivity contribution < 1.29 is 9.21 Å². The summed E-state index contributed by atoms with van der Waals surface area (Å²) in [6.45, 7) is 3.05. The highest BCUT2D eigenvalue weighted by atomic mass is 16.3. The Morgan fingerprint density at radius 1 is 1.41 bits per heavy atom. The van der Waals surface area contributed by atoms with Crippen molar-refractivity contribution in [3.8, 4) is 0 Å². The van der Waals surface area contributed by atoms with Crippen LogP contribution in [0.15, 0.2) is 22.8 Å². The number of carbonyl (C=O) groups excluding carboxylic acids is 1. The number of nitrogens with one attached hydrogen (secondary N) is 2. The largest absolute Gasteiger partial charge is 0.467 e. The van der Waals surface area contributed by atoms with Crippen LogP contribution in [0, 0.1) is 0 Å². The molecule has 0 aliphatic rings. The van der Waals surface area contributed by atoms with Crippen LogP contribution in [0.3, 0.4) is 0 Å². The number of nitrogens with zero attached hydrogens (tertiary/aromatic N) is 1. The fourth-order valence-corrected chi connectivity index (χ4v) is 1.32. The van der Waals surface area contributed by atoms with Crippen LogP contribution in [0.25, 0.3) is 0 Å². The summed E-state index contributed by atoms with van der Waals surface area (Å²) < 4.78 is 5.12. The molecule has 5 nitrogen and oxygen atoms in total. The zero-order valence-electron chi connectivity index (χ0n) is 10.5. The van der Waals surface area contributed by atoms with E-state index >= 15 is 0 Å². The highest BCUT2D eigenvalue weighted by Crippen LogP contribution is 1.98. The van der Waals surface area contributed by atoms with Crippen molar-refractivity contribution in [1.82, 2.24) is 15.5 Å². The number of amides is 1. The van der Waals surface area contributed by atoms with Crippen LogP contribution in [0.4, 0.5) is 0 Å². The predicted octanol–water partition coefficient (Wildman–Crippen LogP) is 0.437. The molecule has 1 amide bonds.